The number of hydrogen-bond acceptors (Lipinski definition) is 3. The fourth-order valence-corrected chi connectivity index (χ4v) is 4.35. The van der Waals surface area contributed by atoms with Gasteiger partial charge >= 0.3 is 0 Å². The molecule has 2 aliphatic carbocycles. The van der Waals surface area contributed by atoms with E-state index in [0.717, 1.165) is 35.2 Å². The van der Waals surface area contributed by atoms with Gasteiger partial charge in [0.1, 0.15) is 11.3 Å². The lowest BCUT2D eigenvalue weighted by Gasteiger charge is -2.36. The van der Waals surface area contributed by atoms with Crippen molar-refractivity contribution in [1.29, 1.82) is 0 Å². The Kier molecular flexibility index (Phi) is 2.76. The number of aryl methyl sites for hydroxylation is 1. The number of fused-ring (bicyclic) bond motifs is 4. The summed E-state index contributed by atoms with van der Waals surface area (Å²) in [6.07, 6.45) is 5.95. The van der Waals surface area contributed by atoms with Gasteiger partial charge in [0.15, 0.2) is 0 Å². The molecule has 1 aliphatic heterocycles. The predicted octanol–water partition coefficient (Wildman–Crippen LogP) is 2.70. The molecular weight excluding hydrogens is 298 g/mol. The zero-order valence-corrected chi connectivity index (χ0v) is 13.7. The van der Waals surface area contributed by atoms with E-state index in [-0.39, 0.29) is 5.91 Å². The molecule has 5 rings (SSSR count). The van der Waals surface area contributed by atoms with Crippen LogP contribution >= 0.6 is 0 Å². The van der Waals surface area contributed by atoms with Crippen LogP contribution < -0.4 is 5.32 Å². The van der Waals surface area contributed by atoms with Crippen LogP contribution in [0.4, 0.5) is 0 Å². The number of carbonyl (C=O) groups is 1. The topological polar surface area (TPSA) is 54.4 Å². The van der Waals surface area contributed by atoms with E-state index < -0.39 is 5.41 Å². The molecule has 1 fully saturated rings. The molecule has 24 heavy (non-hydrogen) atoms. The molecule has 1 saturated carbocycles. The number of pyridine rings is 1. The summed E-state index contributed by atoms with van der Waals surface area (Å²) in [5.74, 6) is 1.38. The second-order valence-corrected chi connectivity index (χ2v) is 7.01. The normalized spacial score (nSPS) is 26.4. The van der Waals surface area contributed by atoms with E-state index in [9.17, 15) is 4.79 Å². The maximum atomic E-state index is 13.2. The Morgan fingerprint density at radius 1 is 1.25 bits per heavy atom. The summed E-state index contributed by atoms with van der Waals surface area (Å²) in [5.41, 5.74) is 5.02. The maximum Gasteiger partial charge on any atom is 0.240 e. The molecule has 3 aliphatic rings. The van der Waals surface area contributed by atoms with Gasteiger partial charge in [-0.05, 0) is 54.4 Å². The SMILES string of the molecule is CN=C1NC(=O)C2(CCc3ncccc32)c2cc(C3CC3)ccc21. The largest absolute Gasteiger partial charge is 0.309 e. The highest BCUT2D eigenvalue weighted by atomic mass is 16.2. The van der Waals surface area contributed by atoms with Crippen molar-refractivity contribution in [1.82, 2.24) is 10.3 Å². The van der Waals surface area contributed by atoms with E-state index in [1.807, 2.05) is 12.3 Å². The van der Waals surface area contributed by atoms with Crippen molar-refractivity contribution < 1.29 is 4.79 Å². The van der Waals surface area contributed by atoms with Crippen molar-refractivity contribution in [3.8, 4) is 0 Å². The monoisotopic (exact) mass is 317 g/mol. The Morgan fingerprint density at radius 2 is 2.12 bits per heavy atom. The van der Waals surface area contributed by atoms with Crippen molar-refractivity contribution in [2.75, 3.05) is 7.05 Å². The summed E-state index contributed by atoms with van der Waals surface area (Å²) >= 11 is 0. The maximum absolute atomic E-state index is 13.2. The van der Waals surface area contributed by atoms with Crippen LogP contribution in [-0.2, 0) is 16.6 Å². The molecule has 0 saturated heterocycles. The molecule has 0 radical (unpaired) electrons. The summed E-state index contributed by atoms with van der Waals surface area (Å²) in [6.45, 7) is 0. The van der Waals surface area contributed by atoms with Crippen molar-refractivity contribution in [2.45, 2.75) is 37.0 Å². The van der Waals surface area contributed by atoms with Crippen LogP contribution in [0.1, 0.15) is 53.1 Å². The number of nitrogens with one attached hydrogen (secondary N) is 1. The van der Waals surface area contributed by atoms with Crippen LogP contribution in [0.2, 0.25) is 0 Å². The van der Waals surface area contributed by atoms with Gasteiger partial charge in [-0.25, -0.2) is 0 Å². The lowest BCUT2D eigenvalue weighted by Crippen LogP contribution is -2.52. The van der Waals surface area contributed by atoms with Gasteiger partial charge in [-0.1, -0.05) is 24.3 Å². The summed E-state index contributed by atoms with van der Waals surface area (Å²) in [7, 11) is 1.73. The third-order valence-corrected chi connectivity index (χ3v) is 5.74. The number of carbonyl (C=O) groups excluding carboxylic acids is 1. The van der Waals surface area contributed by atoms with E-state index in [0.29, 0.717) is 11.8 Å². The third kappa shape index (κ3) is 1.71. The second-order valence-electron chi connectivity index (χ2n) is 7.01. The number of amides is 1. The Labute approximate surface area is 141 Å². The van der Waals surface area contributed by atoms with E-state index >= 15 is 0 Å². The van der Waals surface area contributed by atoms with Crippen molar-refractivity contribution in [3.05, 3.63) is 64.5 Å². The summed E-state index contributed by atoms with van der Waals surface area (Å²) in [4.78, 5) is 22.0. The first-order valence-corrected chi connectivity index (χ1v) is 8.61. The standard InChI is InChI=1S/C20H19N3O/c1-21-18-14-7-6-13(12-4-5-12)11-16(14)20(19(24)23-18)9-8-17-15(20)3-2-10-22-17/h2-3,6-7,10-12H,4-5,8-9H2,1H3,(H,21,23,24). The van der Waals surface area contributed by atoms with Crippen LogP contribution in [-0.4, -0.2) is 23.8 Å². The van der Waals surface area contributed by atoms with Crippen LogP contribution in [0, 0.1) is 0 Å². The number of amidine groups is 1. The number of nitrogens with zero attached hydrogens (tertiary/aromatic N) is 2. The molecule has 1 spiro atoms. The van der Waals surface area contributed by atoms with Gasteiger partial charge in [-0.3, -0.25) is 14.8 Å². The Balaban J connectivity index is 1.80. The zero-order valence-electron chi connectivity index (χ0n) is 13.7. The first-order chi connectivity index (χ1) is 11.7. The Bertz CT molecular complexity index is 898. The van der Waals surface area contributed by atoms with Crippen LogP contribution in [0.25, 0.3) is 0 Å². The molecule has 4 heteroatoms. The lowest BCUT2D eigenvalue weighted by atomic mass is 9.70. The van der Waals surface area contributed by atoms with E-state index in [4.69, 9.17) is 0 Å². The fraction of sp³-hybridized carbons (Fsp3) is 0.350. The summed E-state index contributed by atoms with van der Waals surface area (Å²) in [5, 5.41) is 3.04. The van der Waals surface area contributed by atoms with Gasteiger partial charge in [0.05, 0.1) is 0 Å². The highest BCUT2D eigenvalue weighted by molar-refractivity contribution is 6.17. The fourth-order valence-electron chi connectivity index (χ4n) is 4.35. The van der Waals surface area contributed by atoms with Gasteiger partial charge in [0.2, 0.25) is 5.91 Å². The zero-order chi connectivity index (χ0) is 16.3. The number of aliphatic imine (C=N–C) groups is 1. The van der Waals surface area contributed by atoms with Crippen molar-refractivity contribution in [3.63, 3.8) is 0 Å². The second kappa shape index (κ2) is 4.76. The molecule has 2 heterocycles. The van der Waals surface area contributed by atoms with Crippen LogP contribution in [0.3, 0.4) is 0 Å². The molecule has 2 aromatic rings. The molecule has 1 N–H and O–H groups in total. The van der Waals surface area contributed by atoms with Crippen LogP contribution in [0.15, 0.2) is 41.5 Å². The molecule has 0 bridgehead atoms. The quantitative estimate of drug-likeness (QED) is 0.879. The predicted molar refractivity (Wildman–Crippen MR) is 92.4 cm³/mol. The molecule has 1 amide bonds. The average Bonchev–Trinajstić information content (AvgIpc) is 3.40. The molecule has 1 aromatic heterocycles. The van der Waals surface area contributed by atoms with Gasteiger partial charge < -0.3 is 5.32 Å². The van der Waals surface area contributed by atoms with Crippen molar-refractivity contribution >= 4 is 11.7 Å². The minimum atomic E-state index is -0.613. The number of rotatable bonds is 1. The molecule has 1 aromatic carbocycles. The van der Waals surface area contributed by atoms with Gasteiger partial charge in [-0.2, -0.15) is 0 Å². The van der Waals surface area contributed by atoms with Gasteiger partial charge in [0.25, 0.3) is 0 Å². The minimum Gasteiger partial charge on any atom is -0.309 e. The first-order valence-electron chi connectivity index (χ1n) is 8.61. The molecule has 4 nitrogen and oxygen atoms in total. The summed E-state index contributed by atoms with van der Waals surface area (Å²) < 4.78 is 0. The van der Waals surface area contributed by atoms with Crippen molar-refractivity contribution in [2.24, 2.45) is 4.99 Å². The molecule has 1 unspecified atom stereocenters. The number of aromatic nitrogens is 1. The third-order valence-electron chi connectivity index (χ3n) is 5.74. The average molecular weight is 317 g/mol. The van der Waals surface area contributed by atoms with Gasteiger partial charge in [0, 0.05) is 24.5 Å². The molecule has 1 atom stereocenters. The van der Waals surface area contributed by atoms with Gasteiger partial charge in [-0.15, -0.1) is 0 Å². The first kappa shape index (κ1) is 13.9. The Hall–Kier alpha value is -2.49. The molecular formula is C20H19N3O. The highest BCUT2D eigenvalue weighted by Crippen LogP contribution is 2.49. The minimum absolute atomic E-state index is 0.0373. The van der Waals surface area contributed by atoms with E-state index in [1.54, 1.807) is 7.05 Å². The lowest BCUT2D eigenvalue weighted by molar-refractivity contribution is -0.124. The summed E-state index contributed by atoms with van der Waals surface area (Å²) in [6, 6.07) is 10.6. The van der Waals surface area contributed by atoms with E-state index in [2.05, 4.69) is 39.6 Å². The smallest absolute Gasteiger partial charge is 0.240 e. The Morgan fingerprint density at radius 3 is 2.92 bits per heavy atom. The number of benzene rings is 1. The van der Waals surface area contributed by atoms with E-state index in [1.165, 1.54) is 18.4 Å². The van der Waals surface area contributed by atoms with Crippen LogP contribution in [0.5, 0.6) is 0 Å². The number of hydrogen-bond donors (Lipinski definition) is 1. The highest BCUT2D eigenvalue weighted by Gasteiger charge is 2.51. The molecule has 120 valence electrons.